The van der Waals surface area contributed by atoms with Crippen LogP contribution in [0, 0.1) is 13.8 Å². The van der Waals surface area contributed by atoms with Gasteiger partial charge in [-0.25, -0.2) is 0 Å². The molecule has 0 spiro atoms. The van der Waals surface area contributed by atoms with Crippen molar-refractivity contribution in [2.45, 2.75) is 27.2 Å². The van der Waals surface area contributed by atoms with Gasteiger partial charge in [-0.2, -0.15) is 0 Å². The molecule has 0 heterocycles. The number of aryl methyl sites for hydroxylation is 2. The zero-order valence-electron chi connectivity index (χ0n) is 12.1. The van der Waals surface area contributed by atoms with Crippen LogP contribution in [0.5, 0.6) is 5.75 Å². The van der Waals surface area contributed by atoms with Crippen LogP contribution in [0.4, 0.5) is 0 Å². The van der Waals surface area contributed by atoms with Crippen LogP contribution in [-0.2, 0) is 6.42 Å². The van der Waals surface area contributed by atoms with Gasteiger partial charge in [0.05, 0.1) is 7.11 Å². The molecule has 0 radical (unpaired) electrons. The molecule has 3 heteroatoms. The molecule has 0 amide bonds. The Bertz CT molecular complexity index is 364. The Morgan fingerprint density at radius 3 is 2.39 bits per heavy atom. The van der Waals surface area contributed by atoms with Gasteiger partial charge < -0.3 is 15.4 Å². The minimum absolute atomic E-state index is 0.983. The molecule has 2 N–H and O–H groups in total. The van der Waals surface area contributed by atoms with Gasteiger partial charge in [0.2, 0.25) is 0 Å². The summed E-state index contributed by atoms with van der Waals surface area (Å²) >= 11 is 0. The van der Waals surface area contributed by atoms with E-state index in [4.69, 9.17) is 4.74 Å². The fourth-order valence-electron chi connectivity index (χ4n) is 2.04. The van der Waals surface area contributed by atoms with Crippen molar-refractivity contribution in [1.29, 1.82) is 0 Å². The average Bonchev–Trinajstić information content (AvgIpc) is 2.37. The molecule has 0 saturated carbocycles. The smallest absolute Gasteiger partial charge is 0.122 e. The summed E-state index contributed by atoms with van der Waals surface area (Å²) in [5.41, 5.74) is 3.93. The predicted octanol–water partition coefficient (Wildman–Crippen LogP) is 2.05. The van der Waals surface area contributed by atoms with Gasteiger partial charge >= 0.3 is 0 Å². The van der Waals surface area contributed by atoms with Crippen LogP contribution in [0.25, 0.3) is 0 Å². The molecule has 102 valence electrons. The summed E-state index contributed by atoms with van der Waals surface area (Å²) in [7, 11) is 1.73. The van der Waals surface area contributed by atoms with E-state index in [1.54, 1.807) is 7.11 Å². The van der Waals surface area contributed by atoms with Gasteiger partial charge in [-0.15, -0.1) is 0 Å². The van der Waals surface area contributed by atoms with E-state index >= 15 is 0 Å². The normalized spacial score (nSPS) is 10.7. The van der Waals surface area contributed by atoms with Gasteiger partial charge in [-0.1, -0.05) is 13.0 Å². The summed E-state index contributed by atoms with van der Waals surface area (Å²) < 4.78 is 5.33. The molecule has 0 fully saturated rings. The number of methoxy groups -OCH3 is 1. The molecule has 1 rings (SSSR count). The standard InChI is InChI=1S/C15H26N2O/c1-5-16-8-9-17-7-6-14-10-13(3)15(18-4)11-12(14)2/h10-11,16-17H,5-9H2,1-4H3. The first kappa shape index (κ1) is 15.0. The van der Waals surface area contributed by atoms with Crippen molar-refractivity contribution in [3.8, 4) is 5.75 Å². The van der Waals surface area contributed by atoms with Crippen LogP contribution in [0.3, 0.4) is 0 Å². The van der Waals surface area contributed by atoms with Crippen LogP contribution in [-0.4, -0.2) is 33.3 Å². The summed E-state index contributed by atoms with van der Waals surface area (Å²) in [6.07, 6.45) is 1.07. The Balaban J connectivity index is 2.40. The molecule has 0 unspecified atom stereocenters. The predicted molar refractivity (Wildman–Crippen MR) is 77.6 cm³/mol. The van der Waals surface area contributed by atoms with Gasteiger partial charge in [0.15, 0.2) is 0 Å². The van der Waals surface area contributed by atoms with Crippen molar-refractivity contribution in [3.63, 3.8) is 0 Å². The first-order chi connectivity index (χ1) is 8.69. The minimum Gasteiger partial charge on any atom is -0.496 e. The summed E-state index contributed by atoms with van der Waals surface area (Å²) in [5.74, 6) is 0.983. The number of nitrogens with one attached hydrogen (secondary N) is 2. The highest BCUT2D eigenvalue weighted by Crippen LogP contribution is 2.22. The van der Waals surface area contributed by atoms with E-state index in [1.165, 1.54) is 16.7 Å². The fourth-order valence-corrected chi connectivity index (χ4v) is 2.04. The molecule has 0 aliphatic heterocycles. The van der Waals surface area contributed by atoms with Gasteiger partial charge in [-0.05, 0) is 56.1 Å². The van der Waals surface area contributed by atoms with Gasteiger partial charge in [0.1, 0.15) is 5.75 Å². The number of likely N-dealkylation sites (N-methyl/N-ethyl adjacent to an activating group) is 1. The van der Waals surface area contributed by atoms with Gasteiger partial charge in [-0.3, -0.25) is 0 Å². The van der Waals surface area contributed by atoms with Crippen LogP contribution < -0.4 is 15.4 Å². The van der Waals surface area contributed by atoms with Crippen LogP contribution in [0.2, 0.25) is 0 Å². The lowest BCUT2D eigenvalue weighted by Gasteiger charge is -2.12. The van der Waals surface area contributed by atoms with Crippen molar-refractivity contribution in [3.05, 3.63) is 28.8 Å². The number of hydrogen-bond acceptors (Lipinski definition) is 3. The second-order valence-corrected chi connectivity index (χ2v) is 4.60. The third-order valence-electron chi connectivity index (χ3n) is 3.15. The third kappa shape index (κ3) is 4.67. The molecule has 0 bridgehead atoms. The van der Waals surface area contributed by atoms with Crippen LogP contribution in [0.15, 0.2) is 12.1 Å². The van der Waals surface area contributed by atoms with E-state index in [2.05, 4.69) is 43.5 Å². The zero-order chi connectivity index (χ0) is 13.4. The highest BCUT2D eigenvalue weighted by Gasteiger charge is 2.04. The van der Waals surface area contributed by atoms with E-state index < -0.39 is 0 Å². The molecule has 0 aliphatic carbocycles. The van der Waals surface area contributed by atoms with Crippen molar-refractivity contribution in [2.75, 3.05) is 33.3 Å². The molecule has 3 nitrogen and oxygen atoms in total. The van der Waals surface area contributed by atoms with E-state index in [0.717, 1.165) is 38.3 Å². The van der Waals surface area contributed by atoms with Crippen LogP contribution >= 0.6 is 0 Å². The maximum atomic E-state index is 5.33. The SMILES string of the molecule is CCNCCNCCc1cc(C)c(OC)cc1C. The maximum absolute atomic E-state index is 5.33. The molecule has 1 aromatic carbocycles. The number of hydrogen-bond donors (Lipinski definition) is 2. The molecule has 0 aromatic heterocycles. The highest BCUT2D eigenvalue weighted by molar-refractivity contribution is 5.41. The van der Waals surface area contributed by atoms with Gasteiger partial charge in [0.25, 0.3) is 0 Å². The highest BCUT2D eigenvalue weighted by atomic mass is 16.5. The first-order valence-electron chi connectivity index (χ1n) is 6.74. The lowest BCUT2D eigenvalue weighted by Crippen LogP contribution is -2.28. The monoisotopic (exact) mass is 250 g/mol. The van der Waals surface area contributed by atoms with E-state index in [1.807, 2.05) is 0 Å². The fraction of sp³-hybridized carbons (Fsp3) is 0.600. The quantitative estimate of drug-likeness (QED) is 0.693. The zero-order valence-corrected chi connectivity index (χ0v) is 12.1. The van der Waals surface area contributed by atoms with Crippen molar-refractivity contribution in [1.82, 2.24) is 10.6 Å². The molecule has 0 aliphatic rings. The largest absolute Gasteiger partial charge is 0.496 e. The average molecular weight is 250 g/mol. The molecular weight excluding hydrogens is 224 g/mol. The Morgan fingerprint density at radius 2 is 1.72 bits per heavy atom. The van der Waals surface area contributed by atoms with E-state index in [9.17, 15) is 0 Å². The topological polar surface area (TPSA) is 33.3 Å². The van der Waals surface area contributed by atoms with Crippen LogP contribution in [0.1, 0.15) is 23.6 Å². The second-order valence-electron chi connectivity index (χ2n) is 4.60. The summed E-state index contributed by atoms with van der Waals surface area (Å²) in [5, 5.41) is 6.75. The molecule has 1 aromatic rings. The number of ether oxygens (including phenoxy) is 1. The number of rotatable bonds is 8. The van der Waals surface area contributed by atoms with E-state index in [-0.39, 0.29) is 0 Å². The summed E-state index contributed by atoms with van der Waals surface area (Å²) in [6.45, 7) is 10.5. The Morgan fingerprint density at radius 1 is 1.00 bits per heavy atom. The lowest BCUT2D eigenvalue weighted by atomic mass is 10.0. The third-order valence-corrected chi connectivity index (χ3v) is 3.15. The van der Waals surface area contributed by atoms with Gasteiger partial charge in [0, 0.05) is 13.1 Å². The Labute approximate surface area is 111 Å². The van der Waals surface area contributed by atoms with Crippen molar-refractivity contribution >= 4 is 0 Å². The minimum atomic E-state index is 0.983. The molecular formula is C15H26N2O. The summed E-state index contributed by atoms with van der Waals surface area (Å²) in [4.78, 5) is 0. The van der Waals surface area contributed by atoms with Crippen molar-refractivity contribution < 1.29 is 4.74 Å². The molecule has 18 heavy (non-hydrogen) atoms. The number of benzene rings is 1. The Hall–Kier alpha value is -1.06. The Kier molecular flexibility index (Phi) is 6.76. The lowest BCUT2D eigenvalue weighted by molar-refractivity contribution is 0.411. The second kappa shape index (κ2) is 8.11. The first-order valence-corrected chi connectivity index (χ1v) is 6.74. The molecule has 0 saturated heterocycles. The molecule has 0 atom stereocenters. The van der Waals surface area contributed by atoms with Crippen molar-refractivity contribution in [2.24, 2.45) is 0 Å². The summed E-state index contributed by atoms with van der Waals surface area (Å²) in [6, 6.07) is 4.36. The maximum Gasteiger partial charge on any atom is 0.122 e. The van der Waals surface area contributed by atoms with E-state index in [0.29, 0.717) is 0 Å².